The molecule has 1 aliphatic rings. The van der Waals surface area contributed by atoms with Crippen LogP contribution in [0.4, 0.5) is 0 Å². The Morgan fingerprint density at radius 1 is 1.22 bits per heavy atom. The van der Waals surface area contributed by atoms with E-state index in [0.717, 1.165) is 5.92 Å². The smallest absolute Gasteiger partial charge is 0.0920 e. The zero-order chi connectivity index (χ0) is 6.53. The molecule has 0 heterocycles. The average Bonchev–Trinajstić information content (AvgIpc) is 1.91. The van der Waals surface area contributed by atoms with Crippen LogP contribution in [0.5, 0.6) is 0 Å². The van der Waals surface area contributed by atoms with Crippen LogP contribution in [0.25, 0.3) is 0 Å². The first-order chi connectivity index (χ1) is 4.43. The van der Waals surface area contributed by atoms with Crippen LogP contribution in [0.15, 0.2) is 0 Å². The fraction of sp³-hybridized carbons (Fsp3) is 1.00. The Kier molecular flexibility index (Phi) is 3.17. The van der Waals surface area contributed by atoms with E-state index >= 15 is 0 Å². The minimum absolute atomic E-state index is 1.05. The molecule has 1 radical (unpaired) electrons. The molecule has 1 heteroatoms. The molecule has 0 aromatic carbocycles. The summed E-state index contributed by atoms with van der Waals surface area (Å²) in [5.41, 5.74) is 0. The summed E-state index contributed by atoms with van der Waals surface area (Å²) in [5.74, 6) is 1.05. The van der Waals surface area contributed by atoms with Crippen molar-refractivity contribution in [2.45, 2.75) is 45.2 Å². The third-order valence-electron chi connectivity index (χ3n) is 2.29. The predicted molar refractivity (Wildman–Crippen MR) is 43.0 cm³/mol. The summed E-state index contributed by atoms with van der Waals surface area (Å²) in [6.45, 7) is 2.18. The van der Waals surface area contributed by atoms with E-state index in [1.165, 1.54) is 38.4 Å². The van der Waals surface area contributed by atoms with E-state index in [1.807, 2.05) is 0 Å². The quantitative estimate of drug-likeness (QED) is 0.495. The fourth-order valence-corrected chi connectivity index (χ4v) is 1.76. The molecule has 0 bridgehead atoms. The van der Waals surface area contributed by atoms with Gasteiger partial charge in [-0.25, -0.2) is 0 Å². The highest BCUT2D eigenvalue weighted by Gasteiger charge is 2.11. The molecule has 0 N–H and O–H groups in total. The van der Waals surface area contributed by atoms with Crippen molar-refractivity contribution in [3.8, 4) is 0 Å². The van der Waals surface area contributed by atoms with Crippen molar-refractivity contribution >= 4 is 7.28 Å². The second kappa shape index (κ2) is 3.97. The summed E-state index contributed by atoms with van der Waals surface area (Å²) in [7, 11) is 2.32. The minimum atomic E-state index is 1.05. The van der Waals surface area contributed by atoms with Crippen LogP contribution in [-0.4, -0.2) is 7.28 Å². The summed E-state index contributed by atoms with van der Waals surface area (Å²) >= 11 is 0. The molecule has 1 rings (SSSR count). The monoisotopic (exact) mass is 123 g/mol. The van der Waals surface area contributed by atoms with Gasteiger partial charge >= 0.3 is 0 Å². The predicted octanol–water partition coefficient (Wildman–Crippen LogP) is 2.74. The molecule has 51 valence electrons. The molecule has 0 unspecified atom stereocenters. The van der Waals surface area contributed by atoms with Crippen molar-refractivity contribution in [1.29, 1.82) is 0 Å². The second-order valence-electron chi connectivity index (χ2n) is 3.15. The van der Waals surface area contributed by atoms with Crippen molar-refractivity contribution in [3.63, 3.8) is 0 Å². The van der Waals surface area contributed by atoms with Gasteiger partial charge in [0.15, 0.2) is 0 Å². The molecule has 0 nitrogen and oxygen atoms in total. The standard InChI is InChI=1S/C8H16B/c1-9-7-8-5-3-2-4-6-8/h8H,2-7H2,1H3. The molecule has 1 aliphatic carbocycles. The van der Waals surface area contributed by atoms with E-state index in [4.69, 9.17) is 0 Å². The van der Waals surface area contributed by atoms with Crippen LogP contribution < -0.4 is 0 Å². The van der Waals surface area contributed by atoms with Gasteiger partial charge in [0.2, 0.25) is 0 Å². The zero-order valence-corrected chi connectivity index (χ0v) is 6.40. The maximum atomic E-state index is 2.32. The second-order valence-corrected chi connectivity index (χ2v) is 3.15. The van der Waals surface area contributed by atoms with Gasteiger partial charge in [0.05, 0.1) is 0 Å². The highest BCUT2D eigenvalue weighted by atomic mass is 14.1. The summed E-state index contributed by atoms with van der Waals surface area (Å²) in [6.07, 6.45) is 8.80. The van der Waals surface area contributed by atoms with Gasteiger partial charge in [0.25, 0.3) is 0 Å². The highest BCUT2D eigenvalue weighted by molar-refractivity contribution is 6.33. The zero-order valence-electron chi connectivity index (χ0n) is 6.40. The molecular weight excluding hydrogens is 107 g/mol. The van der Waals surface area contributed by atoms with Gasteiger partial charge in [-0.2, -0.15) is 0 Å². The summed E-state index contributed by atoms with van der Waals surface area (Å²) < 4.78 is 0. The van der Waals surface area contributed by atoms with Gasteiger partial charge in [-0.15, -0.1) is 0 Å². The maximum Gasteiger partial charge on any atom is 0.106 e. The molecule has 0 amide bonds. The molecule has 0 aromatic rings. The van der Waals surface area contributed by atoms with E-state index in [-0.39, 0.29) is 0 Å². The SMILES string of the molecule is C[B]CC1CCCCC1. The first kappa shape index (κ1) is 7.18. The van der Waals surface area contributed by atoms with Crippen molar-refractivity contribution in [1.82, 2.24) is 0 Å². The number of hydrogen-bond donors (Lipinski definition) is 0. The largest absolute Gasteiger partial charge is 0.106 e. The first-order valence-corrected chi connectivity index (χ1v) is 4.21. The van der Waals surface area contributed by atoms with Crippen LogP contribution in [0, 0.1) is 5.92 Å². The van der Waals surface area contributed by atoms with Gasteiger partial charge in [0.1, 0.15) is 7.28 Å². The van der Waals surface area contributed by atoms with Gasteiger partial charge in [-0.05, 0) is 5.92 Å². The summed E-state index contributed by atoms with van der Waals surface area (Å²) in [6, 6.07) is 0. The van der Waals surface area contributed by atoms with Crippen LogP contribution >= 0.6 is 0 Å². The van der Waals surface area contributed by atoms with E-state index in [1.54, 1.807) is 0 Å². The third-order valence-corrected chi connectivity index (χ3v) is 2.29. The third kappa shape index (κ3) is 2.42. The van der Waals surface area contributed by atoms with E-state index in [2.05, 4.69) is 14.1 Å². The molecule has 0 atom stereocenters. The molecule has 0 spiro atoms. The lowest BCUT2D eigenvalue weighted by Gasteiger charge is -2.20. The van der Waals surface area contributed by atoms with E-state index < -0.39 is 0 Å². The van der Waals surface area contributed by atoms with Gasteiger partial charge < -0.3 is 0 Å². The molecule has 0 aliphatic heterocycles. The Morgan fingerprint density at radius 2 is 1.89 bits per heavy atom. The molecule has 1 saturated carbocycles. The van der Waals surface area contributed by atoms with Crippen molar-refractivity contribution in [2.75, 3.05) is 0 Å². The van der Waals surface area contributed by atoms with Gasteiger partial charge in [-0.1, -0.05) is 45.2 Å². The molecule has 1 fully saturated rings. The Morgan fingerprint density at radius 3 is 2.44 bits per heavy atom. The molecule has 0 aromatic heterocycles. The van der Waals surface area contributed by atoms with Gasteiger partial charge in [-0.3, -0.25) is 0 Å². The fourth-order valence-electron chi connectivity index (χ4n) is 1.76. The lowest BCUT2D eigenvalue weighted by Crippen LogP contribution is -2.06. The Bertz CT molecular complexity index is 62.2. The normalized spacial score (nSPS) is 21.9. The first-order valence-electron chi connectivity index (χ1n) is 4.21. The van der Waals surface area contributed by atoms with Crippen LogP contribution in [0.1, 0.15) is 32.1 Å². The van der Waals surface area contributed by atoms with Crippen molar-refractivity contribution in [2.24, 2.45) is 5.92 Å². The van der Waals surface area contributed by atoms with Crippen LogP contribution in [0.3, 0.4) is 0 Å². The Balaban J connectivity index is 2.08. The topological polar surface area (TPSA) is 0 Å². The molecule has 9 heavy (non-hydrogen) atoms. The minimum Gasteiger partial charge on any atom is -0.0920 e. The van der Waals surface area contributed by atoms with Crippen LogP contribution in [-0.2, 0) is 0 Å². The number of hydrogen-bond acceptors (Lipinski definition) is 0. The highest BCUT2D eigenvalue weighted by Crippen LogP contribution is 2.25. The lowest BCUT2D eigenvalue weighted by molar-refractivity contribution is 0.384. The van der Waals surface area contributed by atoms with E-state index in [9.17, 15) is 0 Å². The van der Waals surface area contributed by atoms with E-state index in [0.29, 0.717) is 0 Å². The lowest BCUT2D eigenvalue weighted by atomic mass is 9.68. The van der Waals surface area contributed by atoms with Gasteiger partial charge in [0, 0.05) is 0 Å². The average molecular weight is 123 g/mol. The Labute approximate surface area is 59.3 Å². The summed E-state index contributed by atoms with van der Waals surface area (Å²) in [4.78, 5) is 0. The molecular formula is C8H16B. The van der Waals surface area contributed by atoms with Crippen LogP contribution in [0.2, 0.25) is 13.1 Å². The Hall–Kier alpha value is 0.0649. The van der Waals surface area contributed by atoms with Crippen molar-refractivity contribution in [3.05, 3.63) is 0 Å². The number of rotatable bonds is 2. The maximum absolute atomic E-state index is 2.32. The molecule has 0 saturated heterocycles. The van der Waals surface area contributed by atoms with Crippen molar-refractivity contribution < 1.29 is 0 Å². The summed E-state index contributed by atoms with van der Waals surface area (Å²) in [5, 5.41) is 0.